The van der Waals surface area contributed by atoms with E-state index in [0.717, 1.165) is 47.2 Å². The van der Waals surface area contributed by atoms with Gasteiger partial charge in [0.2, 0.25) is 0 Å². The molecule has 2 aromatic heterocycles. The zero-order valence-corrected chi connectivity index (χ0v) is 16.3. The quantitative estimate of drug-likeness (QED) is 0.728. The van der Waals surface area contributed by atoms with Gasteiger partial charge in [0.1, 0.15) is 16.7 Å². The largest absolute Gasteiger partial charge is 0.480 e. The van der Waals surface area contributed by atoms with Crippen molar-refractivity contribution in [1.82, 2.24) is 9.55 Å². The molecule has 27 heavy (non-hydrogen) atoms. The van der Waals surface area contributed by atoms with Crippen molar-refractivity contribution in [1.29, 1.82) is 0 Å². The third kappa shape index (κ3) is 2.98. The van der Waals surface area contributed by atoms with Gasteiger partial charge in [-0.15, -0.1) is 11.3 Å². The smallest absolute Gasteiger partial charge is 0.326 e. The Morgan fingerprint density at radius 3 is 2.81 bits per heavy atom. The molecule has 1 aliphatic rings. The molecule has 3 aromatic rings. The van der Waals surface area contributed by atoms with Crippen LogP contribution < -0.4 is 5.56 Å². The number of hydrogen-bond donors (Lipinski definition) is 1. The maximum atomic E-state index is 13.5. The third-order valence-corrected chi connectivity index (χ3v) is 6.47. The van der Waals surface area contributed by atoms with Crippen molar-refractivity contribution < 1.29 is 9.90 Å². The number of hydrogen-bond acceptors (Lipinski definition) is 4. The van der Waals surface area contributed by atoms with Gasteiger partial charge in [-0.1, -0.05) is 30.7 Å². The second-order valence-corrected chi connectivity index (χ2v) is 8.22. The van der Waals surface area contributed by atoms with E-state index in [1.165, 1.54) is 9.44 Å². The van der Waals surface area contributed by atoms with Gasteiger partial charge in [0.15, 0.2) is 0 Å². The van der Waals surface area contributed by atoms with Crippen molar-refractivity contribution in [2.45, 2.75) is 52.0 Å². The number of carboxylic acid groups (broad SMARTS) is 1. The number of fused-ring (bicyclic) bond motifs is 3. The highest BCUT2D eigenvalue weighted by Gasteiger charge is 2.28. The molecule has 140 valence electrons. The second kappa shape index (κ2) is 6.93. The van der Waals surface area contributed by atoms with Crippen LogP contribution >= 0.6 is 11.3 Å². The van der Waals surface area contributed by atoms with Gasteiger partial charge in [-0.05, 0) is 50.7 Å². The van der Waals surface area contributed by atoms with Crippen LogP contribution in [0.15, 0.2) is 29.1 Å². The number of benzene rings is 1. The van der Waals surface area contributed by atoms with Gasteiger partial charge in [-0.3, -0.25) is 9.36 Å². The Morgan fingerprint density at radius 2 is 2.11 bits per heavy atom. The Morgan fingerprint density at radius 1 is 1.33 bits per heavy atom. The first-order valence-corrected chi connectivity index (χ1v) is 10.2. The Balaban J connectivity index is 2.09. The van der Waals surface area contributed by atoms with Crippen molar-refractivity contribution in [3.8, 4) is 11.4 Å². The van der Waals surface area contributed by atoms with Crippen molar-refractivity contribution >= 4 is 27.5 Å². The molecule has 5 nitrogen and oxygen atoms in total. The number of nitrogens with zero attached hydrogens (tertiary/aromatic N) is 2. The van der Waals surface area contributed by atoms with E-state index in [9.17, 15) is 14.7 Å². The molecule has 4 rings (SSSR count). The van der Waals surface area contributed by atoms with E-state index in [0.29, 0.717) is 17.6 Å². The maximum absolute atomic E-state index is 13.5. The number of aliphatic carboxylic acids is 1. The molecule has 6 heteroatoms. The summed E-state index contributed by atoms with van der Waals surface area (Å²) >= 11 is 1.59. The minimum atomic E-state index is -1.00. The van der Waals surface area contributed by atoms with Gasteiger partial charge in [0.25, 0.3) is 5.56 Å². The van der Waals surface area contributed by atoms with Gasteiger partial charge in [0, 0.05) is 10.4 Å². The van der Waals surface area contributed by atoms with E-state index < -0.39 is 12.0 Å². The van der Waals surface area contributed by atoms with E-state index in [1.54, 1.807) is 18.3 Å². The van der Waals surface area contributed by atoms with E-state index >= 15 is 0 Å². The fraction of sp³-hybridized carbons (Fsp3) is 0.381. The van der Waals surface area contributed by atoms with Crippen LogP contribution in [0.3, 0.4) is 0 Å². The molecule has 0 saturated heterocycles. The highest BCUT2D eigenvalue weighted by molar-refractivity contribution is 7.18. The van der Waals surface area contributed by atoms with E-state index in [2.05, 4.69) is 0 Å². The normalized spacial score (nSPS) is 14.9. The molecule has 0 saturated carbocycles. The molecule has 1 aliphatic carbocycles. The Labute approximate surface area is 161 Å². The lowest BCUT2D eigenvalue weighted by Gasteiger charge is -2.19. The van der Waals surface area contributed by atoms with Crippen LogP contribution in [0.4, 0.5) is 0 Å². The lowest BCUT2D eigenvalue weighted by Crippen LogP contribution is -2.32. The third-order valence-electron chi connectivity index (χ3n) is 5.28. The van der Waals surface area contributed by atoms with Crippen LogP contribution in [0, 0.1) is 6.92 Å². The molecular formula is C21H22N2O3S. The first kappa shape index (κ1) is 17.9. The molecule has 0 bridgehead atoms. The van der Waals surface area contributed by atoms with Crippen LogP contribution in [0.25, 0.3) is 21.6 Å². The van der Waals surface area contributed by atoms with Gasteiger partial charge in [-0.2, -0.15) is 0 Å². The highest BCUT2D eigenvalue weighted by Crippen LogP contribution is 2.35. The van der Waals surface area contributed by atoms with Gasteiger partial charge >= 0.3 is 5.97 Å². The van der Waals surface area contributed by atoms with Crippen molar-refractivity contribution in [3.63, 3.8) is 0 Å². The predicted molar refractivity (Wildman–Crippen MR) is 108 cm³/mol. The number of rotatable bonds is 4. The minimum absolute atomic E-state index is 0.217. The molecule has 0 spiro atoms. The Hall–Kier alpha value is -2.47. The molecule has 1 aromatic carbocycles. The molecule has 0 amide bonds. The van der Waals surface area contributed by atoms with Crippen LogP contribution in [-0.4, -0.2) is 20.6 Å². The molecule has 1 atom stereocenters. The van der Waals surface area contributed by atoms with E-state index in [1.807, 2.05) is 31.2 Å². The topological polar surface area (TPSA) is 72.2 Å². The summed E-state index contributed by atoms with van der Waals surface area (Å²) in [6.07, 6.45) is 4.37. The van der Waals surface area contributed by atoms with Crippen molar-refractivity contribution in [2.24, 2.45) is 0 Å². The monoisotopic (exact) mass is 382 g/mol. The minimum Gasteiger partial charge on any atom is -0.480 e. The SMILES string of the molecule is CCC(C(=O)O)n1c(-c2cccc(C)c2)nc2sc3c(c2c1=O)CCCC3. The molecule has 0 fully saturated rings. The zero-order chi connectivity index (χ0) is 19.1. The first-order valence-electron chi connectivity index (χ1n) is 9.38. The molecule has 1 N–H and O–H groups in total. The summed E-state index contributed by atoms with van der Waals surface area (Å²) in [6.45, 7) is 3.77. The van der Waals surface area contributed by atoms with Crippen LogP contribution in [0.1, 0.15) is 48.2 Å². The summed E-state index contributed by atoms with van der Waals surface area (Å²) < 4.78 is 1.40. The number of thiophene rings is 1. The van der Waals surface area contributed by atoms with Gasteiger partial charge in [0.05, 0.1) is 5.39 Å². The summed E-state index contributed by atoms with van der Waals surface area (Å²) in [7, 11) is 0. The van der Waals surface area contributed by atoms with Crippen molar-refractivity contribution in [2.75, 3.05) is 0 Å². The summed E-state index contributed by atoms with van der Waals surface area (Å²) in [6, 6.07) is 6.80. The molecular weight excluding hydrogens is 360 g/mol. The van der Waals surface area contributed by atoms with E-state index in [-0.39, 0.29) is 5.56 Å². The van der Waals surface area contributed by atoms with Crippen molar-refractivity contribution in [3.05, 3.63) is 50.6 Å². The lowest BCUT2D eigenvalue weighted by molar-refractivity contribution is -0.141. The number of aromatic nitrogens is 2. The highest BCUT2D eigenvalue weighted by atomic mass is 32.1. The fourth-order valence-corrected chi connectivity index (χ4v) is 5.21. The Bertz CT molecular complexity index is 1100. The first-order chi connectivity index (χ1) is 13.0. The summed E-state index contributed by atoms with van der Waals surface area (Å²) in [5.74, 6) is -0.553. The van der Waals surface area contributed by atoms with Gasteiger partial charge in [-0.25, -0.2) is 9.78 Å². The van der Waals surface area contributed by atoms with Crippen LogP contribution in [-0.2, 0) is 17.6 Å². The fourth-order valence-electron chi connectivity index (χ4n) is 3.96. The predicted octanol–water partition coefficient (Wildman–Crippen LogP) is 4.35. The Kier molecular flexibility index (Phi) is 4.60. The van der Waals surface area contributed by atoms with E-state index in [4.69, 9.17) is 4.98 Å². The zero-order valence-electron chi connectivity index (χ0n) is 15.5. The molecule has 2 heterocycles. The standard InChI is InChI=1S/C21H22N2O3S/c1-3-15(21(25)26)23-18(13-8-6-7-12(2)11-13)22-19-17(20(23)24)14-9-4-5-10-16(14)27-19/h6-8,11,15H,3-5,9-10H2,1-2H3,(H,25,26). The summed E-state index contributed by atoms with van der Waals surface area (Å²) in [5, 5.41) is 10.4. The average molecular weight is 382 g/mol. The molecule has 1 unspecified atom stereocenters. The van der Waals surface area contributed by atoms with Crippen LogP contribution in [0.2, 0.25) is 0 Å². The lowest BCUT2D eigenvalue weighted by atomic mass is 9.97. The number of carbonyl (C=O) groups is 1. The number of carboxylic acids is 1. The van der Waals surface area contributed by atoms with Gasteiger partial charge < -0.3 is 5.11 Å². The molecule has 0 radical (unpaired) electrons. The second-order valence-electron chi connectivity index (χ2n) is 7.13. The maximum Gasteiger partial charge on any atom is 0.326 e. The summed E-state index contributed by atoms with van der Waals surface area (Å²) in [5.41, 5.74) is 2.69. The van der Waals surface area contributed by atoms with Crippen LogP contribution in [0.5, 0.6) is 0 Å². The number of aryl methyl sites for hydroxylation is 3. The molecule has 0 aliphatic heterocycles. The summed E-state index contributed by atoms with van der Waals surface area (Å²) in [4.78, 5) is 32.2. The average Bonchev–Trinajstić information content (AvgIpc) is 3.02.